The van der Waals surface area contributed by atoms with Crippen molar-refractivity contribution in [3.8, 4) is 11.1 Å². The summed E-state index contributed by atoms with van der Waals surface area (Å²) in [5.74, 6) is 0. The Morgan fingerprint density at radius 2 is 1.94 bits per heavy atom. The van der Waals surface area contributed by atoms with Gasteiger partial charge in [0, 0.05) is 31.5 Å². The highest BCUT2D eigenvalue weighted by atomic mass is 15.2. The van der Waals surface area contributed by atoms with Crippen molar-refractivity contribution < 1.29 is 0 Å². The Balaban J connectivity index is 0.000000606. The molecule has 3 nitrogen and oxygen atoms in total. The molecule has 0 aliphatic heterocycles. The van der Waals surface area contributed by atoms with Crippen molar-refractivity contribution in [2.75, 3.05) is 12.4 Å². The number of nitrogens with one attached hydrogen (secondary N) is 1. The number of aromatic nitrogens is 2. The van der Waals surface area contributed by atoms with E-state index in [-0.39, 0.29) is 0 Å². The molecule has 0 fully saturated rings. The maximum absolute atomic E-state index is 4.14. The van der Waals surface area contributed by atoms with Crippen molar-refractivity contribution in [1.29, 1.82) is 0 Å². The first-order valence-corrected chi connectivity index (χ1v) is 5.56. The average Bonchev–Trinajstić information content (AvgIpc) is 2.79. The molecule has 0 unspecified atom stereocenters. The van der Waals surface area contributed by atoms with E-state index in [0.29, 0.717) is 0 Å². The molecule has 0 bridgehead atoms. The molecular weight excluding hydrogens is 198 g/mol. The molecule has 1 aromatic heterocycles. The van der Waals surface area contributed by atoms with Crippen LogP contribution in [0.2, 0.25) is 0 Å². The van der Waals surface area contributed by atoms with Gasteiger partial charge in [0.1, 0.15) is 0 Å². The molecular formula is C13H19N3. The van der Waals surface area contributed by atoms with E-state index in [2.05, 4.69) is 22.5 Å². The molecule has 1 aromatic carbocycles. The van der Waals surface area contributed by atoms with Crippen LogP contribution in [0.4, 0.5) is 5.69 Å². The number of rotatable bonds is 2. The van der Waals surface area contributed by atoms with Gasteiger partial charge in [0.05, 0.1) is 6.20 Å². The quantitative estimate of drug-likeness (QED) is 0.837. The minimum Gasteiger partial charge on any atom is -0.388 e. The fourth-order valence-electron chi connectivity index (χ4n) is 1.42. The highest BCUT2D eigenvalue weighted by Gasteiger charge is 1.99. The monoisotopic (exact) mass is 217 g/mol. The van der Waals surface area contributed by atoms with Gasteiger partial charge in [-0.25, -0.2) is 0 Å². The van der Waals surface area contributed by atoms with Crippen molar-refractivity contribution in [2.24, 2.45) is 7.05 Å². The number of anilines is 1. The Morgan fingerprint density at radius 1 is 1.19 bits per heavy atom. The molecule has 0 aliphatic rings. The van der Waals surface area contributed by atoms with Crippen LogP contribution in [-0.2, 0) is 7.05 Å². The topological polar surface area (TPSA) is 29.9 Å². The van der Waals surface area contributed by atoms with Crippen molar-refractivity contribution in [3.63, 3.8) is 0 Å². The second-order valence-electron chi connectivity index (χ2n) is 3.23. The van der Waals surface area contributed by atoms with Gasteiger partial charge >= 0.3 is 0 Å². The zero-order valence-corrected chi connectivity index (χ0v) is 10.4. The van der Waals surface area contributed by atoms with Crippen LogP contribution in [-0.4, -0.2) is 16.8 Å². The Labute approximate surface area is 97.1 Å². The molecule has 0 amide bonds. The second kappa shape index (κ2) is 5.95. The maximum atomic E-state index is 4.14. The van der Waals surface area contributed by atoms with E-state index in [1.807, 2.05) is 52.5 Å². The van der Waals surface area contributed by atoms with E-state index < -0.39 is 0 Å². The minimum atomic E-state index is 1.12. The summed E-state index contributed by atoms with van der Waals surface area (Å²) in [6.45, 7) is 4.00. The average molecular weight is 217 g/mol. The van der Waals surface area contributed by atoms with Gasteiger partial charge < -0.3 is 5.32 Å². The van der Waals surface area contributed by atoms with E-state index in [9.17, 15) is 0 Å². The highest BCUT2D eigenvalue weighted by Crippen LogP contribution is 2.21. The predicted molar refractivity (Wildman–Crippen MR) is 69.5 cm³/mol. The van der Waals surface area contributed by atoms with Crippen LogP contribution < -0.4 is 5.32 Å². The summed E-state index contributed by atoms with van der Waals surface area (Å²) in [6.07, 6.45) is 3.88. The molecule has 0 radical (unpaired) electrons. The van der Waals surface area contributed by atoms with Crippen LogP contribution in [0.25, 0.3) is 11.1 Å². The molecule has 1 heterocycles. The summed E-state index contributed by atoms with van der Waals surface area (Å²) in [5.41, 5.74) is 3.45. The number of hydrogen-bond acceptors (Lipinski definition) is 2. The molecule has 3 heteroatoms. The Morgan fingerprint density at radius 3 is 2.50 bits per heavy atom. The minimum absolute atomic E-state index is 1.12. The lowest BCUT2D eigenvalue weighted by atomic mass is 10.1. The Bertz CT molecular complexity index is 432. The van der Waals surface area contributed by atoms with Gasteiger partial charge in [-0.2, -0.15) is 5.10 Å². The lowest BCUT2D eigenvalue weighted by molar-refractivity contribution is 0.768. The molecule has 0 saturated carbocycles. The van der Waals surface area contributed by atoms with Crippen molar-refractivity contribution in [2.45, 2.75) is 13.8 Å². The first kappa shape index (κ1) is 12.3. The fourth-order valence-corrected chi connectivity index (χ4v) is 1.42. The molecule has 2 rings (SSSR count). The summed E-state index contributed by atoms with van der Waals surface area (Å²) in [5, 5.41) is 7.26. The molecule has 0 aliphatic carbocycles. The zero-order chi connectivity index (χ0) is 12.0. The second-order valence-corrected chi connectivity index (χ2v) is 3.23. The van der Waals surface area contributed by atoms with E-state index in [4.69, 9.17) is 0 Å². The summed E-state index contributed by atoms with van der Waals surface area (Å²) < 4.78 is 1.81. The van der Waals surface area contributed by atoms with Gasteiger partial charge in [-0.3, -0.25) is 4.68 Å². The largest absolute Gasteiger partial charge is 0.388 e. The summed E-state index contributed by atoms with van der Waals surface area (Å²) in [6, 6.07) is 8.27. The SMILES string of the molecule is CC.CNc1cccc(-c2cnn(C)c2)c1. The van der Waals surface area contributed by atoms with Gasteiger partial charge in [-0.15, -0.1) is 0 Å². The molecule has 0 spiro atoms. The summed E-state index contributed by atoms with van der Waals surface area (Å²) >= 11 is 0. The predicted octanol–water partition coefficient (Wildman–Crippen LogP) is 3.16. The van der Waals surface area contributed by atoms with Crippen LogP contribution in [0.15, 0.2) is 36.7 Å². The third kappa shape index (κ3) is 2.86. The number of hydrogen-bond donors (Lipinski definition) is 1. The van der Waals surface area contributed by atoms with Crippen LogP contribution in [0.3, 0.4) is 0 Å². The van der Waals surface area contributed by atoms with Crippen molar-refractivity contribution in [3.05, 3.63) is 36.7 Å². The highest BCUT2D eigenvalue weighted by molar-refractivity contribution is 5.66. The van der Waals surface area contributed by atoms with Crippen molar-refractivity contribution >= 4 is 5.69 Å². The molecule has 16 heavy (non-hydrogen) atoms. The standard InChI is InChI=1S/C11H13N3.C2H6/c1-12-11-5-3-4-9(6-11)10-7-13-14(2)8-10;1-2/h3-8,12H,1-2H3;1-2H3. The normalized spacial score (nSPS) is 9.25. The third-order valence-electron chi connectivity index (χ3n) is 2.19. The molecule has 1 N–H and O–H groups in total. The van der Waals surface area contributed by atoms with Crippen LogP contribution >= 0.6 is 0 Å². The Hall–Kier alpha value is -1.77. The van der Waals surface area contributed by atoms with Gasteiger partial charge in [0.25, 0.3) is 0 Å². The number of nitrogens with zero attached hydrogens (tertiary/aromatic N) is 2. The third-order valence-corrected chi connectivity index (χ3v) is 2.19. The van der Waals surface area contributed by atoms with Crippen LogP contribution in [0.5, 0.6) is 0 Å². The summed E-state index contributed by atoms with van der Waals surface area (Å²) in [7, 11) is 3.84. The van der Waals surface area contributed by atoms with Crippen LogP contribution in [0, 0.1) is 0 Å². The Kier molecular flexibility index (Phi) is 4.58. The lowest BCUT2D eigenvalue weighted by Gasteiger charge is -2.01. The number of aryl methyl sites for hydroxylation is 1. The molecule has 86 valence electrons. The van der Waals surface area contributed by atoms with Gasteiger partial charge in [0.15, 0.2) is 0 Å². The van der Waals surface area contributed by atoms with Gasteiger partial charge in [0.2, 0.25) is 0 Å². The maximum Gasteiger partial charge on any atom is 0.0568 e. The van der Waals surface area contributed by atoms with E-state index in [1.165, 1.54) is 5.56 Å². The van der Waals surface area contributed by atoms with Crippen molar-refractivity contribution in [1.82, 2.24) is 9.78 Å². The van der Waals surface area contributed by atoms with E-state index >= 15 is 0 Å². The van der Waals surface area contributed by atoms with E-state index in [0.717, 1.165) is 11.3 Å². The van der Waals surface area contributed by atoms with Crippen LogP contribution in [0.1, 0.15) is 13.8 Å². The van der Waals surface area contributed by atoms with E-state index in [1.54, 1.807) is 4.68 Å². The smallest absolute Gasteiger partial charge is 0.0568 e. The lowest BCUT2D eigenvalue weighted by Crippen LogP contribution is -1.87. The first-order valence-electron chi connectivity index (χ1n) is 5.56. The van der Waals surface area contributed by atoms with Gasteiger partial charge in [-0.05, 0) is 17.7 Å². The molecule has 0 atom stereocenters. The number of benzene rings is 1. The fraction of sp³-hybridized carbons (Fsp3) is 0.308. The summed E-state index contributed by atoms with van der Waals surface area (Å²) in [4.78, 5) is 0. The molecule has 0 saturated heterocycles. The molecule has 2 aromatic rings. The zero-order valence-electron chi connectivity index (χ0n) is 10.4. The first-order chi connectivity index (χ1) is 7.79. The van der Waals surface area contributed by atoms with Gasteiger partial charge in [-0.1, -0.05) is 26.0 Å².